The van der Waals surface area contributed by atoms with E-state index in [1.807, 2.05) is 74.5 Å². The van der Waals surface area contributed by atoms with E-state index in [1.165, 1.54) is 4.31 Å². The second kappa shape index (κ2) is 11.3. The molecule has 34 heavy (non-hydrogen) atoms. The smallest absolute Gasteiger partial charge is 0.243 e. The first-order chi connectivity index (χ1) is 16.2. The van der Waals surface area contributed by atoms with E-state index in [0.29, 0.717) is 12.0 Å². The van der Waals surface area contributed by atoms with Crippen molar-refractivity contribution in [3.05, 3.63) is 95.1 Å². The largest absolute Gasteiger partial charge is 0.497 e. The molecule has 0 saturated heterocycles. The average Bonchev–Trinajstić information content (AvgIpc) is 2.83. The minimum Gasteiger partial charge on any atom is -0.497 e. The van der Waals surface area contributed by atoms with Gasteiger partial charge in [0.25, 0.3) is 0 Å². The maximum Gasteiger partial charge on any atom is 0.243 e. The van der Waals surface area contributed by atoms with Gasteiger partial charge in [-0.1, -0.05) is 54.6 Å². The summed E-state index contributed by atoms with van der Waals surface area (Å²) in [5, 5.41) is 2.93. The molecule has 0 bridgehead atoms. The van der Waals surface area contributed by atoms with E-state index in [-0.39, 0.29) is 29.9 Å². The quantitative estimate of drug-likeness (QED) is 0.466. The van der Waals surface area contributed by atoms with Gasteiger partial charge in [-0.15, -0.1) is 0 Å². The predicted octanol–water partition coefficient (Wildman–Crippen LogP) is 4.42. The molecule has 0 radical (unpaired) electrons. The Morgan fingerprint density at radius 2 is 1.68 bits per heavy atom. The summed E-state index contributed by atoms with van der Waals surface area (Å²) in [6, 6.07) is 22.1. The molecule has 1 amide bonds. The number of amides is 1. The fourth-order valence-corrected chi connectivity index (χ4v) is 5.44. The number of nitrogens with one attached hydrogen (secondary N) is 1. The molecule has 0 aliphatic heterocycles. The summed E-state index contributed by atoms with van der Waals surface area (Å²) in [4.78, 5) is 13.2. The third-order valence-corrected chi connectivity index (χ3v) is 7.75. The molecule has 0 unspecified atom stereocenters. The summed E-state index contributed by atoms with van der Waals surface area (Å²) in [7, 11) is -2.28. The Morgan fingerprint density at radius 3 is 2.32 bits per heavy atom. The van der Waals surface area contributed by atoms with E-state index in [2.05, 4.69) is 5.32 Å². The lowest BCUT2D eigenvalue weighted by atomic mass is 10.1. The number of aryl methyl sites for hydroxylation is 2. The molecular formula is C27H32N2O4S. The second-order valence-electron chi connectivity index (χ2n) is 8.41. The van der Waals surface area contributed by atoms with Gasteiger partial charge >= 0.3 is 0 Å². The molecule has 0 saturated carbocycles. The highest BCUT2D eigenvalue weighted by molar-refractivity contribution is 7.89. The summed E-state index contributed by atoms with van der Waals surface area (Å²) in [5.41, 5.74) is 3.42. The highest BCUT2D eigenvalue weighted by Gasteiger charge is 2.28. The molecule has 0 aliphatic carbocycles. The van der Waals surface area contributed by atoms with Gasteiger partial charge in [0.05, 0.1) is 24.6 Å². The van der Waals surface area contributed by atoms with E-state index in [1.54, 1.807) is 26.2 Å². The minimum atomic E-state index is -3.87. The van der Waals surface area contributed by atoms with Crippen molar-refractivity contribution < 1.29 is 17.9 Å². The molecule has 0 spiro atoms. The maximum atomic E-state index is 13.6. The van der Waals surface area contributed by atoms with Crippen LogP contribution in [0.1, 0.15) is 35.2 Å². The van der Waals surface area contributed by atoms with Crippen LogP contribution in [-0.2, 0) is 21.2 Å². The van der Waals surface area contributed by atoms with E-state index < -0.39 is 10.0 Å². The monoisotopic (exact) mass is 480 g/mol. The third-order valence-electron chi connectivity index (χ3n) is 5.77. The number of hydrogen-bond acceptors (Lipinski definition) is 4. The van der Waals surface area contributed by atoms with Crippen LogP contribution in [0.3, 0.4) is 0 Å². The molecule has 1 N–H and O–H groups in total. The summed E-state index contributed by atoms with van der Waals surface area (Å²) in [5.74, 6) is 0.374. The first-order valence-corrected chi connectivity index (χ1v) is 12.7. The van der Waals surface area contributed by atoms with Crippen LogP contribution in [0.15, 0.2) is 77.7 Å². The van der Waals surface area contributed by atoms with Crippen molar-refractivity contribution in [1.29, 1.82) is 0 Å². The average molecular weight is 481 g/mol. The first-order valence-electron chi connectivity index (χ1n) is 11.3. The number of nitrogens with zero attached hydrogens (tertiary/aromatic N) is 1. The lowest BCUT2D eigenvalue weighted by molar-refractivity contribution is -0.121. The first kappa shape index (κ1) is 25.5. The summed E-state index contributed by atoms with van der Waals surface area (Å²) < 4.78 is 33.7. The zero-order valence-corrected chi connectivity index (χ0v) is 20.9. The number of benzene rings is 3. The standard InChI is InChI=1S/C27H32N2O4S/c1-20-10-11-21(2)26(18-20)34(31,32)29(17-16-23-8-6-5-7-9-23)19-27(30)28-22(3)24-12-14-25(33-4)15-13-24/h5-15,18,22H,16-17,19H2,1-4H3,(H,28,30)/t22-/m1/s1. The molecule has 180 valence electrons. The Bertz CT molecular complexity index is 1210. The van der Waals surface area contributed by atoms with Crippen LogP contribution < -0.4 is 10.1 Å². The zero-order valence-electron chi connectivity index (χ0n) is 20.1. The number of hydrogen-bond donors (Lipinski definition) is 1. The molecule has 0 fully saturated rings. The maximum absolute atomic E-state index is 13.6. The van der Waals surface area contributed by atoms with Gasteiger partial charge in [0.15, 0.2) is 0 Å². The van der Waals surface area contributed by atoms with Crippen molar-refractivity contribution in [2.75, 3.05) is 20.2 Å². The molecule has 1 atom stereocenters. The number of sulfonamides is 1. The number of methoxy groups -OCH3 is 1. The van der Waals surface area contributed by atoms with E-state index in [9.17, 15) is 13.2 Å². The van der Waals surface area contributed by atoms with Crippen molar-refractivity contribution in [2.24, 2.45) is 0 Å². The summed E-state index contributed by atoms with van der Waals surface area (Å²) in [6.45, 7) is 5.43. The molecular weight excluding hydrogens is 448 g/mol. The van der Waals surface area contributed by atoms with E-state index >= 15 is 0 Å². The van der Waals surface area contributed by atoms with Crippen molar-refractivity contribution in [3.63, 3.8) is 0 Å². The van der Waals surface area contributed by atoms with Crippen LogP contribution in [0.2, 0.25) is 0 Å². The van der Waals surface area contributed by atoms with Gasteiger partial charge in [-0.3, -0.25) is 4.79 Å². The van der Waals surface area contributed by atoms with Crippen LogP contribution in [-0.4, -0.2) is 38.8 Å². The van der Waals surface area contributed by atoms with Crippen LogP contribution >= 0.6 is 0 Å². The van der Waals surface area contributed by atoms with Gasteiger partial charge in [0.2, 0.25) is 15.9 Å². The van der Waals surface area contributed by atoms with Gasteiger partial charge in [-0.05, 0) is 67.6 Å². The molecule has 0 heterocycles. The van der Waals surface area contributed by atoms with Gasteiger partial charge in [-0.2, -0.15) is 4.31 Å². The Morgan fingerprint density at radius 1 is 1.00 bits per heavy atom. The highest BCUT2D eigenvalue weighted by atomic mass is 32.2. The van der Waals surface area contributed by atoms with E-state index in [0.717, 1.165) is 22.4 Å². The van der Waals surface area contributed by atoms with Crippen LogP contribution in [0, 0.1) is 13.8 Å². The van der Waals surface area contributed by atoms with Crippen molar-refractivity contribution in [2.45, 2.75) is 38.1 Å². The fraction of sp³-hybridized carbons (Fsp3) is 0.296. The predicted molar refractivity (Wildman–Crippen MR) is 134 cm³/mol. The number of ether oxygens (including phenoxy) is 1. The van der Waals surface area contributed by atoms with Gasteiger partial charge in [-0.25, -0.2) is 8.42 Å². The molecule has 6 nitrogen and oxygen atoms in total. The fourth-order valence-electron chi connectivity index (χ4n) is 3.73. The topological polar surface area (TPSA) is 75.7 Å². The number of carbonyl (C=O) groups is 1. The van der Waals surface area contributed by atoms with Crippen LogP contribution in [0.5, 0.6) is 5.75 Å². The highest BCUT2D eigenvalue weighted by Crippen LogP contribution is 2.22. The molecule has 3 rings (SSSR count). The minimum absolute atomic E-state index is 0.198. The normalized spacial score (nSPS) is 12.4. The summed E-state index contributed by atoms with van der Waals surface area (Å²) in [6.07, 6.45) is 0.506. The lowest BCUT2D eigenvalue weighted by Crippen LogP contribution is -2.42. The molecule has 7 heteroatoms. The van der Waals surface area contributed by atoms with Gasteiger partial charge in [0.1, 0.15) is 5.75 Å². The molecule has 3 aromatic rings. The Kier molecular flexibility index (Phi) is 8.47. The van der Waals surface area contributed by atoms with Crippen molar-refractivity contribution >= 4 is 15.9 Å². The summed E-state index contributed by atoms with van der Waals surface area (Å²) >= 11 is 0. The SMILES string of the molecule is COc1ccc([C@@H](C)NC(=O)CN(CCc2ccccc2)S(=O)(=O)c2cc(C)ccc2C)cc1. The lowest BCUT2D eigenvalue weighted by Gasteiger charge is -2.24. The van der Waals surface area contributed by atoms with Crippen LogP contribution in [0.4, 0.5) is 0 Å². The van der Waals surface area contributed by atoms with Crippen molar-refractivity contribution in [1.82, 2.24) is 9.62 Å². The molecule has 0 aliphatic rings. The molecule has 3 aromatic carbocycles. The van der Waals surface area contributed by atoms with Crippen molar-refractivity contribution in [3.8, 4) is 5.75 Å². The Balaban J connectivity index is 1.80. The second-order valence-corrected chi connectivity index (χ2v) is 10.3. The zero-order chi connectivity index (χ0) is 24.7. The van der Waals surface area contributed by atoms with Crippen LogP contribution in [0.25, 0.3) is 0 Å². The third kappa shape index (κ3) is 6.46. The number of carbonyl (C=O) groups excluding carboxylic acids is 1. The molecule has 0 aromatic heterocycles. The van der Waals surface area contributed by atoms with Gasteiger partial charge in [0, 0.05) is 6.54 Å². The Hall–Kier alpha value is -3.16. The van der Waals surface area contributed by atoms with Gasteiger partial charge < -0.3 is 10.1 Å². The van der Waals surface area contributed by atoms with E-state index in [4.69, 9.17) is 4.74 Å². The Labute approximate surface area is 202 Å². The number of rotatable bonds is 10.